The number of rotatable bonds is 6. The molecule has 2 bridgehead atoms. The van der Waals surface area contributed by atoms with Gasteiger partial charge in [-0.1, -0.05) is 6.07 Å². The lowest BCUT2D eigenvalue weighted by molar-refractivity contribution is 0.0209. The van der Waals surface area contributed by atoms with E-state index in [0.717, 1.165) is 43.6 Å². The van der Waals surface area contributed by atoms with Crippen molar-refractivity contribution in [3.63, 3.8) is 0 Å². The minimum absolute atomic E-state index is 0.0190. The van der Waals surface area contributed by atoms with Gasteiger partial charge >= 0.3 is 18.2 Å². The lowest BCUT2D eigenvalue weighted by Gasteiger charge is -2.42. The van der Waals surface area contributed by atoms with Gasteiger partial charge in [-0.3, -0.25) is 10.2 Å². The largest absolute Gasteiger partial charge is 0.461 e. The number of piperazine rings is 1. The maximum Gasteiger partial charge on any atom is 0.412 e. The summed E-state index contributed by atoms with van der Waals surface area (Å²) in [5.41, 5.74) is -0.657. The molecule has 4 fully saturated rings. The number of amides is 2. The van der Waals surface area contributed by atoms with E-state index in [0.29, 0.717) is 48.4 Å². The number of nitriles is 1. The van der Waals surface area contributed by atoms with Gasteiger partial charge in [-0.2, -0.15) is 15.2 Å². The summed E-state index contributed by atoms with van der Waals surface area (Å²) in [6.45, 7) is 12.6. The third-order valence-corrected chi connectivity index (χ3v) is 13.3. The van der Waals surface area contributed by atoms with Crippen molar-refractivity contribution in [1.29, 1.82) is 5.26 Å². The number of ether oxygens (including phenoxy) is 4. The molecule has 5 aliphatic rings. The number of nitrogens with zero attached hydrogens (tertiary/aromatic N) is 6. The lowest BCUT2D eigenvalue weighted by atomic mass is 9.90. The first kappa shape index (κ1) is 40.5. The Morgan fingerprint density at radius 3 is 2.43 bits per heavy atom. The summed E-state index contributed by atoms with van der Waals surface area (Å²) in [7, 11) is 0. The van der Waals surface area contributed by atoms with Crippen molar-refractivity contribution in [2.24, 2.45) is 0 Å². The van der Waals surface area contributed by atoms with Crippen LogP contribution >= 0.6 is 11.3 Å². The highest BCUT2D eigenvalue weighted by Gasteiger charge is 2.50. The number of carbonyl (C=O) groups is 2. The molecule has 4 saturated heterocycles. The van der Waals surface area contributed by atoms with Crippen LogP contribution in [0.1, 0.15) is 90.3 Å². The molecule has 318 valence electrons. The van der Waals surface area contributed by atoms with Gasteiger partial charge in [-0.05, 0) is 96.5 Å². The fourth-order valence-corrected chi connectivity index (χ4v) is 10.9. The van der Waals surface area contributed by atoms with Crippen molar-refractivity contribution in [2.45, 2.75) is 122 Å². The van der Waals surface area contributed by atoms with Crippen LogP contribution in [0.15, 0.2) is 12.1 Å². The summed E-state index contributed by atoms with van der Waals surface area (Å²) in [4.78, 5) is 41.9. The summed E-state index contributed by atoms with van der Waals surface area (Å²) < 4.78 is 72.1. The number of likely N-dealkylation sites (tertiary alicyclic amines) is 1. The Balaban J connectivity index is 1.20. The highest BCUT2D eigenvalue weighted by molar-refractivity contribution is 7.23. The second kappa shape index (κ2) is 14.6. The number of carbonyl (C=O) groups excluding carboxylic acids is 2. The van der Waals surface area contributed by atoms with Crippen molar-refractivity contribution in [3.05, 3.63) is 40.5 Å². The van der Waals surface area contributed by atoms with Crippen LogP contribution in [-0.2, 0) is 27.4 Å². The average Bonchev–Trinajstić information content (AvgIpc) is 3.98. The number of nitrogens with one attached hydrogen (secondary N) is 1. The molecule has 13 nitrogen and oxygen atoms in total. The Kier molecular flexibility index (Phi) is 9.87. The van der Waals surface area contributed by atoms with Crippen molar-refractivity contribution in [2.75, 3.05) is 43.0 Å². The number of benzene rings is 2. The van der Waals surface area contributed by atoms with Crippen LogP contribution < -0.4 is 15.0 Å². The highest BCUT2D eigenvalue weighted by Crippen LogP contribution is 2.50. The molecular weight excluding hydrogens is 800 g/mol. The zero-order chi connectivity index (χ0) is 42.5. The Hall–Kier alpha value is -4.92. The number of fused-ring (bicyclic) bond motifs is 7. The minimum atomic E-state index is -0.982. The molecule has 5 aliphatic heterocycles. The van der Waals surface area contributed by atoms with Crippen molar-refractivity contribution < 1.29 is 41.7 Å². The van der Waals surface area contributed by atoms with Gasteiger partial charge in [0, 0.05) is 49.1 Å². The first-order chi connectivity index (χ1) is 28.4. The van der Waals surface area contributed by atoms with Crippen LogP contribution in [0.3, 0.4) is 0 Å². The normalized spacial score (nSPS) is 23.9. The van der Waals surface area contributed by atoms with E-state index in [1.54, 1.807) is 25.7 Å². The number of hydrogen-bond acceptors (Lipinski definition) is 12. The summed E-state index contributed by atoms with van der Waals surface area (Å²) >= 11 is 0.860. The smallest absolute Gasteiger partial charge is 0.412 e. The molecule has 7 heterocycles. The minimum Gasteiger partial charge on any atom is -0.461 e. The molecule has 0 spiro atoms. The zero-order valence-corrected chi connectivity index (χ0v) is 35.4. The highest BCUT2D eigenvalue weighted by atomic mass is 32.1. The van der Waals surface area contributed by atoms with Gasteiger partial charge < -0.3 is 28.7 Å². The monoisotopic (exact) mass is 847 g/mol. The van der Waals surface area contributed by atoms with Gasteiger partial charge in [0.1, 0.15) is 52.2 Å². The van der Waals surface area contributed by atoms with E-state index in [1.165, 1.54) is 12.1 Å². The molecule has 2 amide bonds. The van der Waals surface area contributed by atoms with Crippen molar-refractivity contribution >= 4 is 55.3 Å². The van der Waals surface area contributed by atoms with Gasteiger partial charge in [0.15, 0.2) is 5.82 Å². The first-order valence-electron chi connectivity index (χ1n) is 20.5. The molecule has 2 aromatic carbocycles. The van der Waals surface area contributed by atoms with Crippen LogP contribution in [-0.4, -0.2) is 99.7 Å². The summed E-state index contributed by atoms with van der Waals surface area (Å²) in [6.07, 6.45) is 1.28. The van der Waals surface area contributed by atoms with E-state index in [2.05, 4.69) is 21.2 Å². The molecule has 1 N–H and O–H groups in total. The van der Waals surface area contributed by atoms with Crippen molar-refractivity contribution in [1.82, 2.24) is 19.8 Å². The van der Waals surface area contributed by atoms with Crippen LogP contribution in [0.25, 0.3) is 32.1 Å². The average molecular weight is 848 g/mol. The molecule has 17 heteroatoms. The second-order valence-corrected chi connectivity index (χ2v) is 19.6. The van der Waals surface area contributed by atoms with Crippen molar-refractivity contribution in [3.8, 4) is 23.2 Å². The van der Waals surface area contributed by atoms with Gasteiger partial charge in [0.25, 0.3) is 0 Å². The fraction of sp³-hybridized carbons (Fsp3) is 0.558. The number of thiophene rings is 1. The van der Waals surface area contributed by atoms with E-state index < -0.39 is 46.7 Å². The summed E-state index contributed by atoms with van der Waals surface area (Å²) in [5.74, 6) is -0.932. The maximum absolute atomic E-state index is 17.9. The molecule has 2 aromatic heterocycles. The molecule has 4 atom stereocenters. The standard InChI is InChI=1S/C43H48F3N7O6S/c1-41(2,3)58-39(54)50-37-26(15-47)31-25(10-11-29(45)35(31)60-37)30-27-19-56-20-28(27)32-34(33(30)46)48-38(57-21-43-12-7-13-52(43)16-22(44)14-43)49-36(32)53-23-8-9-24(53)18-51(17-23)40(55)59-42(4,5)6/h10-11,22-24H,7-9,12-14,16-21H2,1-6H3,(H,50,54)/t22?,23?,24?,43-/m0/s1. The van der Waals surface area contributed by atoms with Crippen LogP contribution in [0.5, 0.6) is 6.01 Å². The summed E-state index contributed by atoms with van der Waals surface area (Å²) in [5, 5.41) is 13.7. The first-order valence-corrected chi connectivity index (χ1v) is 21.3. The number of alkyl halides is 1. The Morgan fingerprint density at radius 2 is 1.73 bits per heavy atom. The number of aromatic nitrogens is 2. The van der Waals surface area contributed by atoms with Crippen LogP contribution in [0.2, 0.25) is 0 Å². The van der Waals surface area contributed by atoms with E-state index in [9.17, 15) is 19.2 Å². The molecule has 3 unspecified atom stereocenters. The Morgan fingerprint density at radius 1 is 1.02 bits per heavy atom. The maximum atomic E-state index is 17.9. The molecular formula is C43H48F3N7O6S. The third-order valence-electron chi connectivity index (χ3n) is 12.2. The Labute approximate surface area is 349 Å². The molecule has 0 saturated carbocycles. The van der Waals surface area contributed by atoms with Gasteiger partial charge in [-0.25, -0.2) is 22.8 Å². The van der Waals surface area contributed by atoms with Crippen LogP contribution in [0.4, 0.5) is 33.6 Å². The molecule has 4 aromatic rings. The molecule has 60 heavy (non-hydrogen) atoms. The third kappa shape index (κ3) is 7.03. The predicted molar refractivity (Wildman–Crippen MR) is 219 cm³/mol. The second-order valence-electron chi connectivity index (χ2n) is 18.6. The summed E-state index contributed by atoms with van der Waals surface area (Å²) in [6, 6.07) is 4.34. The lowest BCUT2D eigenvalue weighted by Crippen LogP contribution is -2.56. The topological polar surface area (TPSA) is 142 Å². The van der Waals surface area contributed by atoms with E-state index in [4.69, 9.17) is 28.9 Å². The number of halogens is 3. The quantitative estimate of drug-likeness (QED) is 0.199. The predicted octanol–water partition coefficient (Wildman–Crippen LogP) is 8.58. The van der Waals surface area contributed by atoms with Gasteiger partial charge in [0.2, 0.25) is 0 Å². The number of hydrogen-bond donors (Lipinski definition) is 1. The molecule has 0 radical (unpaired) electrons. The molecule has 9 rings (SSSR count). The van der Waals surface area contributed by atoms with Crippen LogP contribution in [0, 0.1) is 23.0 Å². The van der Waals surface area contributed by atoms with E-state index in [-0.39, 0.29) is 75.2 Å². The Bertz CT molecular complexity index is 2470. The number of anilines is 2. The zero-order valence-electron chi connectivity index (χ0n) is 34.5. The van der Waals surface area contributed by atoms with E-state index in [1.807, 2.05) is 20.8 Å². The molecule has 0 aliphatic carbocycles. The van der Waals surface area contributed by atoms with Gasteiger partial charge in [-0.15, -0.1) is 11.3 Å². The van der Waals surface area contributed by atoms with Gasteiger partial charge in [0.05, 0.1) is 34.4 Å². The fourth-order valence-electron chi connectivity index (χ4n) is 9.87. The SMILES string of the molecule is CC(C)(C)OC(=O)Nc1sc2c(F)ccc(-c3c4c(c5c(N6C7CCC6CN(C(=O)OC(C)(C)C)C7)nc(OC[C@@]67CCCN6CC(F)C7)nc5c3F)COC4)c2c1C#N. The van der Waals surface area contributed by atoms with E-state index >= 15 is 8.78 Å².